The first-order chi connectivity index (χ1) is 11.7. The molecule has 5 nitrogen and oxygen atoms in total. The summed E-state index contributed by atoms with van der Waals surface area (Å²) in [7, 11) is 0. The molecule has 1 atom stereocenters. The average molecular weight is 342 g/mol. The summed E-state index contributed by atoms with van der Waals surface area (Å²) in [5.74, 6) is 1.54. The van der Waals surface area contributed by atoms with Crippen molar-refractivity contribution in [1.29, 1.82) is 0 Å². The molecule has 0 bridgehead atoms. The second-order valence-corrected chi connectivity index (χ2v) is 7.29. The summed E-state index contributed by atoms with van der Waals surface area (Å²) in [6.45, 7) is 6.73. The van der Waals surface area contributed by atoms with Crippen LogP contribution in [-0.2, 0) is 11.3 Å². The molecule has 1 aliphatic carbocycles. The van der Waals surface area contributed by atoms with Gasteiger partial charge in [0.1, 0.15) is 5.82 Å². The van der Waals surface area contributed by atoms with Crippen molar-refractivity contribution in [2.45, 2.75) is 42.6 Å². The first-order valence-corrected chi connectivity index (χ1v) is 9.09. The molecular weight excluding hydrogens is 320 g/mol. The Balaban J connectivity index is 1.77. The average Bonchev–Trinajstić information content (AvgIpc) is 3.37. The number of thioether (sulfide) groups is 1. The quantitative estimate of drug-likeness (QED) is 0.592. The fourth-order valence-corrected chi connectivity index (χ4v) is 3.35. The van der Waals surface area contributed by atoms with Crippen molar-refractivity contribution in [3.63, 3.8) is 0 Å². The monoisotopic (exact) mass is 342 g/mol. The van der Waals surface area contributed by atoms with Crippen LogP contribution in [0.3, 0.4) is 0 Å². The molecule has 126 valence electrons. The zero-order valence-electron chi connectivity index (χ0n) is 13.8. The fourth-order valence-electron chi connectivity index (χ4n) is 2.47. The van der Waals surface area contributed by atoms with Crippen LogP contribution in [0.15, 0.2) is 48.1 Å². The van der Waals surface area contributed by atoms with Crippen LogP contribution in [0, 0.1) is 0 Å². The third kappa shape index (κ3) is 4.06. The standard InChI is InChI=1S/C18H22N4OS/c1-3-11-19-17(23)13(2)24-18-21-20-16(15-9-10-15)22(18)12-14-7-5-4-6-8-14/h3-8,13,15H,1,9-12H2,2H3,(H,19,23). The second-order valence-electron chi connectivity index (χ2n) is 5.98. The van der Waals surface area contributed by atoms with Gasteiger partial charge in [0.25, 0.3) is 0 Å². The molecule has 1 amide bonds. The number of nitrogens with one attached hydrogen (secondary N) is 1. The minimum atomic E-state index is -0.226. The maximum Gasteiger partial charge on any atom is 0.233 e. The summed E-state index contributed by atoms with van der Waals surface area (Å²) < 4.78 is 2.16. The molecular formula is C18H22N4OS. The van der Waals surface area contributed by atoms with Gasteiger partial charge < -0.3 is 9.88 Å². The van der Waals surface area contributed by atoms with Crippen LogP contribution in [0.1, 0.15) is 37.1 Å². The number of carbonyl (C=O) groups excluding carboxylic acids is 1. The van der Waals surface area contributed by atoms with Gasteiger partial charge >= 0.3 is 0 Å². The molecule has 1 saturated carbocycles. The Bertz CT molecular complexity index is 709. The first kappa shape index (κ1) is 16.8. The van der Waals surface area contributed by atoms with Crippen LogP contribution < -0.4 is 5.32 Å². The number of rotatable bonds is 8. The molecule has 6 heteroatoms. The van der Waals surface area contributed by atoms with Gasteiger partial charge in [-0.15, -0.1) is 16.8 Å². The van der Waals surface area contributed by atoms with E-state index in [1.165, 1.54) is 30.2 Å². The van der Waals surface area contributed by atoms with Gasteiger partial charge in [-0.05, 0) is 25.3 Å². The third-order valence-electron chi connectivity index (χ3n) is 3.94. The molecule has 1 aliphatic rings. The van der Waals surface area contributed by atoms with Crippen LogP contribution in [0.4, 0.5) is 0 Å². The van der Waals surface area contributed by atoms with Gasteiger partial charge in [-0.3, -0.25) is 4.79 Å². The summed E-state index contributed by atoms with van der Waals surface area (Å²) in [5, 5.41) is 12.2. The Morgan fingerprint density at radius 3 is 2.83 bits per heavy atom. The molecule has 0 radical (unpaired) electrons. The van der Waals surface area contributed by atoms with Gasteiger partial charge in [0.2, 0.25) is 5.91 Å². The van der Waals surface area contributed by atoms with Gasteiger partial charge in [0, 0.05) is 12.5 Å². The van der Waals surface area contributed by atoms with Gasteiger partial charge in [-0.25, -0.2) is 0 Å². The van der Waals surface area contributed by atoms with Crippen LogP contribution in [0.25, 0.3) is 0 Å². The molecule has 1 aromatic carbocycles. The molecule has 3 rings (SSSR count). The predicted octanol–water partition coefficient (Wildman–Crippen LogP) is 2.99. The van der Waals surface area contributed by atoms with Crippen molar-refractivity contribution >= 4 is 17.7 Å². The zero-order valence-corrected chi connectivity index (χ0v) is 14.6. The van der Waals surface area contributed by atoms with E-state index in [9.17, 15) is 4.79 Å². The molecule has 1 heterocycles. The zero-order chi connectivity index (χ0) is 16.9. The minimum absolute atomic E-state index is 0.0119. The smallest absolute Gasteiger partial charge is 0.233 e. The van der Waals surface area contributed by atoms with E-state index in [0.717, 1.165) is 17.5 Å². The van der Waals surface area contributed by atoms with Crippen molar-refractivity contribution in [3.8, 4) is 0 Å². The van der Waals surface area contributed by atoms with Gasteiger partial charge in [-0.2, -0.15) is 0 Å². The summed E-state index contributed by atoms with van der Waals surface area (Å²) in [6, 6.07) is 10.3. The van der Waals surface area contributed by atoms with Crippen LogP contribution in [0.2, 0.25) is 0 Å². The summed E-state index contributed by atoms with van der Waals surface area (Å²) >= 11 is 1.46. The number of hydrogen-bond donors (Lipinski definition) is 1. The number of hydrogen-bond acceptors (Lipinski definition) is 4. The lowest BCUT2D eigenvalue weighted by Gasteiger charge is -2.13. The number of amides is 1. The summed E-state index contributed by atoms with van der Waals surface area (Å²) in [4.78, 5) is 12.1. The Kier molecular flexibility index (Phi) is 5.35. The van der Waals surface area contributed by atoms with E-state index in [-0.39, 0.29) is 11.2 Å². The highest BCUT2D eigenvalue weighted by Crippen LogP contribution is 2.40. The van der Waals surface area contributed by atoms with Crippen molar-refractivity contribution < 1.29 is 4.79 Å². The lowest BCUT2D eigenvalue weighted by Crippen LogP contribution is -2.31. The predicted molar refractivity (Wildman–Crippen MR) is 96.1 cm³/mol. The molecule has 1 aromatic heterocycles. The molecule has 0 aliphatic heterocycles. The van der Waals surface area contributed by atoms with Crippen molar-refractivity contribution in [1.82, 2.24) is 20.1 Å². The van der Waals surface area contributed by atoms with E-state index in [1.807, 2.05) is 25.1 Å². The molecule has 2 aromatic rings. The molecule has 1 N–H and O–H groups in total. The van der Waals surface area contributed by atoms with Crippen molar-refractivity contribution in [3.05, 3.63) is 54.4 Å². The fraction of sp³-hybridized carbons (Fsp3) is 0.389. The minimum Gasteiger partial charge on any atom is -0.352 e. The Labute approximate surface area is 146 Å². The van der Waals surface area contributed by atoms with Crippen LogP contribution >= 0.6 is 11.8 Å². The maximum absolute atomic E-state index is 12.1. The Morgan fingerprint density at radius 1 is 1.42 bits per heavy atom. The maximum atomic E-state index is 12.1. The number of carbonyl (C=O) groups is 1. The van der Waals surface area contributed by atoms with E-state index in [0.29, 0.717) is 12.5 Å². The molecule has 1 unspecified atom stereocenters. The molecule has 24 heavy (non-hydrogen) atoms. The topological polar surface area (TPSA) is 59.8 Å². The first-order valence-electron chi connectivity index (χ1n) is 8.21. The molecule has 0 saturated heterocycles. The number of aromatic nitrogens is 3. The third-order valence-corrected chi connectivity index (χ3v) is 5.02. The number of benzene rings is 1. The number of nitrogens with zero attached hydrogens (tertiary/aromatic N) is 3. The summed E-state index contributed by atoms with van der Waals surface area (Å²) in [5.41, 5.74) is 1.21. The van der Waals surface area contributed by atoms with E-state index < -0.39 is 0 Å². The normalized spacial score (nSPS) is 15.0. The molecule has 0 spiro atoms. The van der Waals surface area contributed by atoms with Gasteiger partial charge in [0.05, 0.1) is 11.8 Å². The molecule has 1 fully saturated rings. The van der Waals surface area contributed by atoms with E-state index in [1.54, 1.807) is 6.08 Å². The Hall–Kier alpha value is -2.08. The highest BCUT2D eigenvalue weighted by Gasteiger charge is 2.31. The van der Waals surface area contributed by atoms with Crippen molar-refractivity contribution in [2.75, 3.05) is 6.54 Å². The van der Waals surface area contributed by atoms with E-state index in [2.05, 4.69) is 38.8 Å². The lowest BCUT2D eigenvalue weighted by atomic mass is 10.2. The Morgan fingerprint density at radius 2 is 2.17 bits per heavy atom. The highest BCUT2D eigenvalue weighted by atomic mass is 32.2. The summed E-state index contributed by atoms with van der Waals surface area (Å²) in [6.07, 6.45) is 4.03. The van der Waals surface area contributed by atoms with Crippen molar-refractivity contribution in [2.24, 2.45) is 0 Å². The van der Waals surface area contributed by atoms with E-state index >= 15 is 0 Å². The largest absolute Gasteiger partial charge is 0.352 e. The van der Waals surface area contributed by atoms with E-state index in [4.69, 9.17) is 0 Å². The highest BCUT2D eigenvalue weighted by molar-refractivity contribution is 8.00. The van der Waals surface area contributed by atoms with Gasteiger partial charge in [0.15, 0.2) is 5.16 Å². The van der Waals surface area contributed by atoms with Crippen LogP contribution in [-0.4, -0.2) is 32.5 Å². The SMILES string of the molecule is C=CCNC(=O)C(C)Sc1nnc(C2CC2)n1Cc1ccccc1. The lowest BCUT2D eigenvalue weighted by molar-refractivity contribution is -0.120. The second kappa shape index (κ2) is 7.66. The van der Waals surface area contributed by atoms with Crippen LogP contribution in [0.5, 0.6) is 0 Å². The van der Waals surface area contributed by atoms with Gasteiger partial charge in [-0.1, -0.05) is 48.2 Å².